The molecule has 3 atom stereocenters. The molecule has 0 spiro atoms. The monoisotopic (exact) mass is 237 g/mol. The van der Waals surface area contributed by atoms with Crippen LogP contribution in [0.2, 0.25) is 0 Å². The standard InChI is InChI=1S/C13H23N3O/c1-14-12-5-8-16(13(12)17)11-4-7-15-6-2-3-10(15)9-11/h10-12,14H,2-9H2,1H3. The molecule has 0 bridgehead atoms. The fourth-order valence-corrected chi connectivity index (χ4v) is 3.82. The lowest BCUT2D eigenvalue weighted by Gasteiger charge is -2.39. The van der Waals surface area contributed by atoms with Gasteiger partial charge in [0.1, 0.15) is 0 Å². The minimum absolute atomic E-state index is 0.0802. The molecule has 4 heteroatoms. The Labute approximate surface area is 103 Å². The molecule has 3 saturated heterocycles. The van der Waals surface area contributed by atoms with Crippen LogP contribution < -0.4 is 5.32 Å². The molecule has 3 fully saturated rings. The van der Waals surface area contributed by atoms with Gasteiger partial charge in [-0.1, -0.05) is 0 Å². The number of amides is 1. The van der Waals surface area contributed by atoms with Crippen LogP contribution in [0, 0.1) is 0 Å². The maximum atomic E-state index is 12.2. The largest absolute Gasteiger partial charge is 0.338 e. The SMILES string of the molecule is CNC1CCN(C2CCN3CCCC3C2)C1=O. The molecule has 3 aliphatic heterocycles. The maximum absolute atomic E-state index is 12.2. The second-order valence-corrected chi connectivity index (χ2v) is 5.67. The lowest BCUT2D eigenvalue weighted by atomic mass is 9.96. The van der Waals surface area contributed by atoms with Crippen molar-refractivity contribution < 1.29 is 4.79 Å². The van der Waals surface area contributed by atoms with Gasteiger partial charge in [-0.25, -0.2) is 0 Å². The Kier molecular flexibility index (Phi) is 3.09. The maximum Gasteiger partial charge on any atom is 0.240 e. The predicted molar refractivity (Wildman–Crippen MR) is 66.8 cm³/mol. The van der Waals surface area contributed by atoms with Crippen LogP contribution in [0.5, 0.6) is 0 Å². The first-order chi connectivity index (χ1) is 8.29. The van der Waals surface area contributed by atoms with Gasteiger partial charge in [-0.2, -0.15) is 0 Å². The number of rotatable bonds is 2. The first-order valence-corrected chi connectivity index (χ1v) is 7.01. The van der Waals surface area contributed by atoms with Crippen molar-refractivity contribution in [2.45, 2.75) is 50.2 Å². The van der Waals surface area contributed by atoms with E-state index in [-0.39, 0.29) is 6.04 Å². The Morgan fingerprint density at radius 2 is 2.00 bits per heavy atom. The van der Waals surface area contributed by atoms with Gasteiger partial charge in [-0.3, -0.25) is 4.79 Å². The van der Waals surface area contributed by atoms with E-state index in [0.717, 1.165) is 19.0 Å². The zero-order valence-corrected chi connectivity index (χ0v) is 10.7. The average Bonchev–Trinajstić information content (AvgIpc) is 2.94. The molecule has 1 amide bonds. The van der Waals surface area contributed by atoms with Gasteiger partial charge in [-0.15, -0.1) is 0 Å². The van der Waals surface area contributed by atoms with Gasteiger partial charge < -0.3 is 15.1 Å². The summed E-state index contributed by atoms with van der Waals surface area (Å²) in [6, 6.07) is 1.35. The number of likely N-dealkylation sites (N-methyl/N-ethyl adjacent to an activating group) is 1. The third kappa shape index (κ3) is 1.97. The number of carbonyl (C=O) groups excluding carboxylic acids is 1. The zero-order valence-electron chi connectivity index (χ0n) is 10.7. The van der Waals surface area contributed by atoms with Crippen LogP contribution in [0.1, 0.15) is 32.1 Å². The van der Waals surface area contributed by atoms with Crippen LogP contribution in [0.15, 0.2) is 0 Å². The van der Waals surface area contributed by atoms with E-state index < -0.39 is 0 Å². The number of nitrogens with one attached hydrogen (secondary N) is 1. The summed E-state index contributed by atoms with van der Waals surface area (Å²) in [6.07, 6.45) is 6.07. The highest BCUT2D eigenvalue weighted by Gasteiger charge is 2.39. The smallest absolute Gasteiger partial charge is 0.240 e. The second-order valence-electron chi connectivity index (χ2n) is 5.67. The van der Waals surface area contributed by atoms with Gasteiger partial charge in [0.15, 0.2) is 0 Å². The van der Waals surface area contributed by atoms with Crippen LogP contribution >= 0.6 is 0 Å². The molecule has 3 unspecified atom stereocenters. The number of hydrogen-bond donors (Lipinski definition) is 1. The number of likely N-dealkylation sites (tertiary alicyclic amines) is 1. The predicted octanol–water partition coefficient (Wildman–Crippen LogP) is 0.433. The van der Waals surface area contributed by atoms with Gasteiger partial charge >= 0.3 is 0 Å². The zero-order chi connectivity index (χ0) is 11.8. The summed E-state index contributed by atoms with van der Waals surface area (Å²) >= 11 is 0. The van der Waals surface area contributed by atoms with Crippen molar-refractivity contribution in [2.24, 2.45) is 0 Å². The number of fused-ring (bicyclic) bond motifs is 1. The van der Waals surface area contributed by atoms with Crippen molar-refractivity contribution in [2.75, 3.05) is 26.7 Å². The number of carbonyl (C=O) groups is 1. The third-order valence-electron chi connectivity index (χ3n) is 4.82. The van der Waals surface area contributed by atoms with Crippen LogP contribution in [0.3, 0.4) is 0 Å². The summed E-state index contributed by atoms with van der Waals surface area (Å²) in [6.45, 7) is 3.44. The van der Waals surface area contributed by atoms with E-state index in [9.17, 15) is 4.79 Å². The summed E-state index contributed by atoms with van der Waals surface area (Å²) in [5, 5.41) is 3.13. The van der Waals surface area contributed by atoms with Crippen molar-refractivity contribution in [1.82, 2.24) is 15.1 Å². The first kappa shape index (κ1) is 11.5. The average molecular weight is 237 g/mol. The lowest BCUT2D eigenvalue weighted by Crippen LogP contribution is -2.49. The molecular formula is C13H23N3O. The number of hydrogen-bond acceptors (Lipinski definition) is 3. The van der Waals surface area contributed by atoms with Gasteiger partial charge in [0.25, 0.3) is 0 Å². The second kappa shape index (κ2) is 4.58. The third-order valence-corrected chi connectivity index (χ3v) is 4.82. The van der Waals surface area contributed by atoms with Gasteiger partial charge in [0, 0.05) is 25.2 Å². The molecule has 17 heavy (non-hydrogen) atoms. The molecule has 0 saturated carbocycles. The fraction of sp³-hybridized carbons (Fsp3) is 0.923. The molecule has 0 radical (unpaired) electrons. The normalized spacial score (nSPS) is 38.8. The molecule has 0 aromatic carbocycles. The minimum Gasteiger partial charge on any atom is -0.338 e. The molecule has 3 aliphatic rings. The molecule has 0 aromatic rings. The molecule has 3 heterocycles. The highest BCUT2D eigenvalue weighted by atomic mass is 16.2. The number of piperidine rings is 1. The molecule has 3 rings (SSSR count). The summed E-state index contributed by atoms with van der Waals surface area (Å²) in [4.78, 5) is 16.9. The Hall–Kier alpha value is -0.610. The Morgan fingerprint density at radius 3 is 2.76 bits per heavy atom. The molecule has 0 aliphatic carbocycles. The van der Waals surface area contributed by atoms with Crippen LogP contribution in [-0.4, -0.2) is 60.5 Å². The molecule has 96 valence electrons. The van der Waals surface area contributed by atoms with Crippen molar-refractivity contribution in [3.8, 4) is 0 Å². The van der Waals surface area contributed by atoms with Gasteiger partial charge in [-0.05, 0) is 45.7 Å². The molecule has 1 N–H and O–H groups in total. The minimum atomic E-state index is 0.0802. The Balaban J connectivity index is 1.64. The molecule has 4 nitrogen and oxygen atoms in total. The quantitative estimate of drug-likeness (QED) is 0.757. The fourth-order valence-electron chi connectivity index (χ4n) is 3.82. The summed E-state index contributed by atoms with van der Waals surface area (Å²) in [7, 11) is 1.89. The van der Waals surface area contributed by atoms with E-state index in [1.807, 2.05) is 7.05 Å². The van der Waals surface area contributed by atoms with Crippen molar-refractivity contribution in [1.29, 1.82) is 0 Å². The summed E-state index contributed by atoms with van der Waals surface area (Å²) in [5.41, 5.74) is 0. The van der Waals surface area contributed by atoms with E-state index in [1.165, 1.54) is 38.8 Å². The van der Waals surface area contributed by atoms with E-state index in [0.29, 0.717) is 11.9 Å². The van der Waals surface area contributed by atoms with Crippen molar-refractivity contribution in [3.05, 3.63) is 0 Å². The Bertz CT molecular complexity index is 307. The van der Waals surface area contributed by atoms with Crippen molar-refractivity contribution >= 4 is 5.91 Å². The Morgan fingerprint density at radius 1 is 1.12 bits per heavy atom. The van der Waals surface area contributed by atoms with Crippen LogP contribution in [0.4, 0.5) is 0 Å². The van der Waals surface area contributed by atoms with E-state index >= 15 is 0 Å². The highest BCUT2D eigenvalue weighted by Crippen LogP contribution is 2.31. The van der Waals surface area contributed by atoms with E-state index in [1.54, 1.807) is 0 Å². The molecule has 0 aromatic heterocycles. The topological polar surface area (TPSA) is 35.6 Å². The van der Waals surface area contributed by atoms with Crippen molar-refractivity contribution in [3.63, 3.8) is 0 Å². The first-order valence-electron chi connectivity index (χ1n) is 7.01. The van der Waals surface area contributed by atoms with Gasteiger partial charge in [0.05, 0.1) is 6.04 Å². The molecular weight excluding hydrogens is 214 g/mol. The lowest BCUT2D eigenvalue weighted by molar-refractivity contribution is -0.132. The number of nitrogens with zero attached hydrogens (tertiary/aromatic N) is 2. The van der Waals surface area contributed by atoms with E-state index in [4.69, 9.17) is 0 Å². The highest BCUT2D eigenvalue weighted by molar-refractivity contribution is 5.84. The van der Waals surface area contributed by atoms with E-state index in [2.05, 4.69) is 15.1 Å². The van der Waals surface area contributed by atoms with Gasteiger partial charge in [0.2, 0.25) is 5.91 Å². The van der Waals surface area contributed by atoms with Crippen LogP contribution in [-0.2, 0) is 4.79 Å². The summed E-state index contributed by atoms with van der Waals surface area (Å²) in [5.74, 6) is 0.337. The summed E-state index contributed by atoms with van der Waals surface area (Å²) < 4.78 is 0. The van der Waals surface area contributed by atoms with Crippen LogP contribution in [0.25, 0.3) is 0 Å².